The summed E-state index contributed by atoms with van der Waals surface area (Å²) in [6.45, 7) is 3.12. The number of ether oxygens (including phenoxy) is 2. The molecule has 1 amide bonds. The quantitative estimate of drug-likeness (QED) is 0.310. The van der Waals surface area contributed by atoms with E-state index in [1.165, 1.54) is 4.90 Å². The van der Waals surface area contributed by atoms with E-state index in [0.29, 0.717) is 32.8 Å². The number of amides is 1. The minimum Gasteiger partial charge on any atom is -0.480 e. The summed E-state index contributed by atoms with van der Waals surface area (Å²) in [6, 6.07) is 19.0. The van der Waals surface area contributed by atoms with Crippen LogP contribution in [0.5, 0.6) is 0 Å². The minimum absolute atomic E-state index is 0.0328. The first-order valence-corrected chi connectivity index (χ1v) is 16.2. The van der Waals surface area contributed by atoms with Crippen molar-refractivity contribution in [1.29, 1.82) is 0 Å². The lowest BCUT2D eigenvalue weighted by Gasteiger charge is -2.19. The second-order valence-corrected chi connectivity index (χ2v) is 12.8. The first-order chi connectivity index (χ1) is 19.6. The fourth-order valence-electron chi connectivity index (χ4n) is 3.45. The third kappa shape index (κ3) is 16.2. The molecule has 2 aromatic rings. The molecule has 0 bridgehead atoms. The largest absolute Gasteiger partial charge is 0.480 e. The molecule has 13 nitrogen and oxygen atoms in total. The molecule has 2 aliphatic heterocycles. The lowest BCUT2D eigenvalue weighted by molar-refractivity contribution is -0.142. The van der Waals surface area contributed by atoms with Crippen LogP contribution in [0.2, 0.25) is 0 Å². The van der Waals surface area contributed by atoms with Crippen molar-refractivity contribution in [3.05, 3.63) is 71.8 Å². The Hall–Kier alpha value is -2.92. The molecule has 0 aromatic heterocycles. The summed E-state index contributed by atoms with van der Waals surface area (Å²) >= 11 is 0. The first kappa shape index (κ1) is 34.3. The molecule has 0 spiro atoms. The fourth-order valence-corrected chi connectivity index (χ4v) is 5.43. The van der Waals surface area contributed by atoms with Gasteiger partial charge < -0.3 is 24.8 Å². The Balaban J connectivity index is 0.000000237. The number of carboxylic acids is 1. The van der Waals surface area contributed by atoms with Crippen molar-refractivity contribution in [3.63, 3.8) is 0 Å². The lowest BCUT2D eigenvalue weighted by Crippen LogP contribution is -2.37. The van der Waals surface area contributed by atoms with E-state index in [-0.39, 0.29) is 43.7 Å². The topological polar surface area (TPSA) is 180 Å². The summed E-state index contributed by atoms with van der Waals surface area (Å²) < 4.78 is 59.3. The third-order valence-corrected chi connectivity index (χ3v) is 8.28. The molecule has 0 aliphatic carbocycles. The molecule has 2 aromatic carbocycles. The summed E-state index contributed by atoms with van der Waals surface area (Å²) in [5, 5.41) is 11.2. The van der Waals surface area contributed by atoms with E-state index in [4.69, 9.17) is 14.6 Å². The maximum Gasteiger partial charge on any atom is 0.329 e. The van der Waals surface area contributed by atoms with Gasteiger partial charge in [-0.15, -0.1) is 0 Å². The standard InChI is InChI=1S/C13H18N2O4S.C9H10O3.C4H10N2O2S/c16-13(11-19-10-12-4-2-1-3-5-12)15-7-6-14-20(17,18)9-8-15;10-9(11)7-12-6-8-4-2-1-3-5-8;7-9(8)4-3-5-1-2-6-9/h1-5,14H,6-11H2;1-5H,6-7H2,(H,10,11);5-6H,1-4H2. The van der Waals surface area contributed by atoms with Crippen LogP contribution in [0.3, 0.4) is 0 Å². The molecule has 2 saturated heterocycles. The molecule has 41 heavy (non-hydrogen) atoms. The highest BCUT2D eigenvalue weighted by molar-refractivity contribution is 7.89. The Morgan fingerprint density at radius 3 is 1.83 bits per heavy atom. The normalized spacial score (nSPS) is 17.8. The highest BCUT2D eigenvalue weighted by Gasteiger charge is 2.21. The van der Waals surface area contributed by atoms with Crippen molar-refractivity contribution in [2.45, 2.75) is 13.2 Å². The van der Waals surface area contributed by atoms with Gasteiger partial charge in [0.15, 0.2) is 0 Å². The Kier molecular flexibility index (Phi) is 15.5. The van der Waals surface area contributed by atoms with Gasteiger partial charge in [0.2, 0.25) is 26.0 Å². The molecule has 0 atom stereocenters. The lowest BCUT2D eigenvalue weighted by atomic mass is 10.2. The van der Waals surface area contributed by atoms with Gasteiger partial charge in [-0.2, -0.15) is 0 Å². The first-order valence-electron chi connectivity index (χ1n) is 12.9. The second-order valence-electron chi connectivity index (χ2n) is 8.91. The van der Waals surface area contributed by atoms with Crippen LogP contribution < -0.4 is 14.8 Å². The van der Waals surface area contributed by atoms with Crippen LogP contribution >= 0.6 is 0 Å². The monoisotopic (exact) mass is 614 g/mol. The summed E-state index contributed by atoms with van der Waals surface area (Å²) in [6.07, 6.45) is 0. The Bertz CT molecular complexity index is 1250. The number of hydrogen-bond donors (Lipinski definition) is 4. The smallest absolute Gasteiger partial charge is 0.329 e. The number of carbonyl (C=O) groups is 2. The number of aliphatic carboxylic acids is 1. The maximum absolute atomic E-state index is 11.9. The molecule has 0 saturated carbocycles. The zero-order chi connectivity index (χ0) is 30.0. The fraction of sp³-hybridized carbons (Fsp3) is 0.462. The van der Waals surface area contributed by atoms with Crippen LogP contribution in [0, 0.1) is 0 Å². The number of hydrogen-bond acceptors (Lipinski definition) is 9. The number of nitrogens with one attached hydrogen (secondary N) is 3. The molecular formula is C26H38N4O9S2. The summed E-state index contributed by atoms with van der Waals surface area (Å²) in [4.78, 5) is 23.5. The van der Waals surface area contributed by atoms with Gasteiger partial charge in [0, 0.05) is 39.3 Å². The van der Waals surface area contributed by atoms with E-state index in [0.717, 1.165) is 17.7 Å². The van der Waals surface area contributed by atoms with Crippen LogP contribution in [0.4, 0.5) is 0 Å². The third-order valence-electron chi connectivity index (χ3n) is 5.53. The predicted molar refractivity (Wildman–Crippen MR) is 153 cm³/mol. The van der Waals surface area contributed by atoms with Crippen molar-refractivity contribution in [1.82, 2.24) is 19.7 Å². The molecule has 2 aliphatic rings. The van der Waals surface area contributed by atoms with Gasteiger partial charge in [0.25, 0.3) is 0 Å². The van der Waals surface area contributed by atoms with E-state index in [1.54, 1.807) is 0 Å². The van der Waals surface area contributed by atoms with Crippen molar-refractivity contribution in [2.75, 3.05) is 64.0 Å². The Labute approximate surface area is 241 Å². The molecular weight excluding hydrogens is 576 g/mol. The van der Waals surface area contributed by atoms with Gasteiger partial charge in [-0.1, -0.05) is 60.7 Å². The molecule has 4 rings (SSSR count). The van der Waals surface area contributed by atoms with Gasteiger partial charge >= 0.3 is 5.97 Å². The van der Waals surface area contributed by atoms with Crippen molar-refractivity contribution in [2.24, 2.45) is 0 Å². The summed E-state index contributed by atoms with van der Waals surface area (Å²) in [5.41, 5.74) is 1.99. The van der Waals surface area contributed by atoms with Gasteiger partial charge in [0.1, 0.15) is 13.2 Å². The number of rotatable bonds is 8. The number of sulfonamides is 2. The molecule has 15 heteroatoms. The number of carboxylic acid groups (broad SMARTS) is 1. The Morgan fingerprint density at radius 1 is 0.707 bits per heavy atom. The highest BCUT2D eigenvalue weighted by Crippen LogP contribution is 2.03. The van der Waals surface area contributed by atoms with E-state index in [2.05, 4.69) is 14.8 Å². The van der Waals surface area contributed by atoms with Crippen LogP contribution in [-0.4, -0.2) is 103 Å². The van der Waals surface area contributed by atoms with Crippen LogP contribution in [0.25, 0.3) is 0 Å². The van der Waals surface area contributed by atoms with Crippen molar-refractivity contribution >= 4 is 31.9 Å². The van der Waals surface area contributed by atoms with Crippen molar-refractivity contribution < 1.29 is 41.0 Å². The zero-order valence-corrected chi connectivity index (χ0v) is 24.4. The zero-order valence-electron chi connectivity index (χ0n) is 22.7. The van der Waals surface area contributed by atoms with Gasteiger partial charge in [-0.05, 0) is 11.1 Å². The maximum atomic E-state index is 11.9. The molecule has 2 fully saturated rings. The molecule has 2 heterocycles. The van der Waals surface area contributed by atoms with Crippen LogP contribution in [0.1, 0.15) is 11.1 Å². The summed E-state index contributed by atoms with van der Waals surface area (Å²) in [5.74, 6) is -0.976. The molecule has 4 N–H and O–H groups in total. The number of benzene rings is 2. The SMILES string of the molecule is O=C(COCc1ccccc1)N1CCNS(=O)(=O)CC1.O=C(O)COCc1ccccc1.O=S1(=O)CCNCCN1. The second kappa shape index (κ2) is 18.5. The van der Waals surface area contributed by atoms with Gasteiger partial charge in [0.05, 0.1) is 24.7 Å². The molecule has 0 unspecified atom stereocenters. The average Bonchev–Trinajstić information content (AvgIpc) is 3.26. The van der Waals surface area contributed by atoms with E-state index >= 15 is 0 Å². The van der Waals surface area contributed by atoms with Gasteiger partial charge in [-0.25, -0.2) is 31.1 Å². The van der Waals surface area contributed by atoms with E-state index < -0.39 is 26.0 Å². The number of carbonyl (C=O) groups excluding carboxylic acids is 1. The minimum atomic E-state index is -3.23. The van der Waals surface area contributed by atoms with E-state index in [9.17, 15) is 26.4 Å². The molecule has 228 valence electrons. The van der Waals surface area contributed by atoms with E-state index in [1.807, 2.05) is 60.7 Å². The number of nitrogens with zero attached hydrogens (tertiary/aromatic N) is 1. The van der Waals surface area contributed by atoms with Crippen molar-refractivity contribution in [3.8, 4) is 0 Å². The van der Waals surface area contributed by atoms with Gasteiger partial charge in [-0.3, -0.25) is 4.79 Å². The van der Waals surface area contributed by atoms with Crippen LogP contribution in [0.15, 0.2) is 60.7 Å². The highest BCUT2D eigenvalue weighted by atomic mass is 32.2. The summed E-state index contributed by atoms with van der Waals surface area (Å²) in [7, 11) is -6.17. The average molecular weight is 615 g/mol. The Morgan fingerprint density at radius 2 is 1.24 bits per heavy atom. The predicted octanol–water partition coefficient (Wildman–Crippen LogP) is -0.238. The molecule has 0 radical (unpaired) electrons. The van der Waals surface area contributed by atoms with Crippen LogP contribution in [-0.2, 0) is 52.3 Å².